The quantitative estimate of drug-likeness (QED) is 0.132. The lowest BCUT2D eigenvalue weighted by atomic mass is 10.4. The predicted molar refractivity (Wildman–Crippen MR) is 113 cm³/mol. The van der Waals surface area contributed by atoms with Gasteiger partial charge in [-0.2, -0.15) is 0 Å². The number of aliphatic hydroxyl groups is 2. The standard InChI is InChI=1S/C10H16Cl2O5.C8H10O2.CH2O3/c11-5-1-3-7-15-9(13)17-10(14)16-8-4-2-6-12;1-7(9)5-3-4-6-8(2)10;2-1(3)4/h1-8H2;7-10H,1-2H3;(H2,2,3,4). The van der Waals surface area contributed by atoms with Crippen molar-refractivity contribution in [2.75, 3.05) is 25.0 Å². The van der Waals surface area contributed by atoms with E-state index < -0.39 is 30.7 Å². The highest BCUT2D eigenvalue weighted by molar-refractivity contribution is 6.18. The lowest BCUT2D eigenvalue weighted by Gasteiger charge is -2.05. The Balaban J connectivity index is -0.000000471. The Morgan fingerprint density at radius 2 is 1.10 bits per heavy atom. The van der Waals surface area contributed by atoms with E-state index in [1.807, 2.05) is 0 Å². The van der Waals surface area contributed by atoms with Gasteiger partial charge in [0.25, 0.3) is 0 Å². The summed E-state index contributed by atoms with van der Waals surface area (Å²) in [5.74, 6) is 10.6. The maximum Gasteiger partial charge on any atom is 0.518 e. The van der Waals surface area contributed by atoms with Gasteiger partial charge in [-0.05, 0) is 51.4 Å². The van der Waals surface area contributed by atoms with Crippen LogP contribution < -0.4 is 0 Å². The molecule has 0 radical (unpaired) electrons. The number of halogens is 2. The third-order valence-electron chi connectivity index (χ3n) is 2.29. The zero-order chi connectivity index (χ0) is 24.5. The van der Waals surface area contributed by atoms with E-state index >= 15 is 0 Å². The van der Waals surface area contributed by atoms with Crippen LogP contribution in [0.4, 0.5) is 14.4 Å². The summed E-state index contributed by atoms with van der Waals surface area (Å²) < 4.78 is 13.4. The van der Waals surface area contributed by atoms with Gasteiger partial charge in [-0.3, -0.25) is 0 Å². The fourth-order valence-electron chi connectivity index (χ4n) is 1.11. The van der Waals surface area contributed by atoms with Crippen LogP contribution in [0.3, 0.4) is 0 Å². The molecule has 31 heavy (non-hydrogen) atoms. The van der Waals surface area contributed by atoms with Gasteiger partial charge in [-0.1, -0.05) is 11.8 Å². The molecule has 2 unspecified atom stereocenters. The summed E-state index contributed by atoms with van der Waals surface area (Å²) in [4.78, 5) is 30.4. The molecule has 0 rings (SSSR count). The Labute approximate surface area is 191 Å². The lowest BCUT2D eigenvalue weighted by molar-refractivity contribution is 0.0357. The number of aliphatic hydroxyl groups excluding tert-OH is 2. The molecule has 10 nitrogen and oxygen atoms in total. The van der Waals surface area contributed by atoms with Crippen molar-refractivity contribution < 1.29 is 49.0 Å². The number of hydrogen-bond acceptors (Lipinski definition) is 8. The summed E-state index contributed by atoms with van der Waals surface area (Å²) in [5, 5.41) is 31.2. The number of hydrogen-bond donors (Lipinski definition) is 4. The van der Waals surface area contributed by atoms with Gasteiger partial charge in [-0.25, -0.2) is 14.4 Å². The van der Waals surface area contributed by atoms with Crippen LogP contribution in [-0.2, 0) is 14.2 Å². The third kappa shape index (κ3) is 42.6. The third-order valence-corrected chi connectivity index (χ3v) is 2.82. The molecule has 0 aliphatic heterocycles. The molecule has 0 saturated carbocycles. The topological polar surface area (TPSA) is 160 Å². The summed E-state index contributed by atoms with van der Waals surface area (Å²) in [5.41, 5.74) is 0. The van der Waals surface area contributed by atoms with Crippen LogP contribution in [-0.4, -0.2) is 76.1 Å². The first kappa shape index (κ1) is 33.3. The van der Waals surface area contributed by atoms with Gasteiger partial charge in [0.1, 0.15) is 12.2 Å². The highest BCUT2D eigenvalue weighted by Gasteiger charge is 2.12. The molecule has 0 fully saturated rings. The second kappa shape index (κ2) is 25.7. The second-order valence-electron chi connectivity index (χ2n) is 5.26. The summed E-state index contributed by atoms with van der Waals surface area (Å²) >= 11 is 10.9. The van der Waals surface area contributed by atoms with Crippen molar-refractivity contribution >= 4 is 41.7 Å². The van der Waals surface area contributed by atoms with Crippen molar-refractivity contribution in [3.05, 3.63) is 0 Å². The van der Waals surface area contributed by atoms with E-state index in [9.17, 15) is 9.59 Å². The predicted octanol–water partition coefficient (Wildman–Crippen LogP) is 3.29. The smallest absolute Gasteiger partial charge is 0.450 e. The molecule has 0 saturated heterocycles. The van der Waals surface area contributed by atoms with Crippen LogP contribution in [0, 0.1) is 23.7 Å². The van der Waals surface area contributed by atoms with E-state index in [2.05, 4.69) is 37.9 Å². The van der Waals surface area contributed by atoms with E-state index in [1.165, 1.54) is 0 Å². The molecule has 2 atom stereocenters. The molecule has 0 aromatic rings. The average Bonchev–Trinajstić information content (AvgIpc) is 2.66. The zero-order valence-corrected chi connectivity index (χ0v) is 18.8. The molecule has 0 aliphatic carbocycles. The lowest BCUT2D eigenvalue weighted by Crippen LogP contribution is -2.16. The van der Waals surface area contributed by atoms with Crippen molar-refractivity contribution in [3.63, 3.8) is 0 Å². The first-order valence-electron chi connectivity index (χ1n) is 8.99. The van der Waals surface area contributed by atoms with Crippen LogP contribution in [0.15, 0.2) is 0 Å². The number of carboxylic acid groups (broad SMARTS) is 2. The number of ether oxygens (including phenoxy) is 3. The molecule has 4 N–H and O–H groups in total. The highest BCUT2D eigenvalue weighted by atomic mass is 35.5. The van der Waals surface area contributed by atoms with E-state index in [4.69, 9.17) is 48.4 Å². The van der Waals surface area contributed by atoms with Gasteiger partial charge >= 0.3 is 18.5 Å². The molecule has 0 aromatic carbocycles. The van der Waals surface area contributed by atoms with Gasteiger partial charge in [-0.15, -0.1) is 23.2 Å². The monoisotopic (exact) mass is 486 g/mol. The Kier molecular flexibility index (Phi) is 27.5. The van der Waals surface area contributed by atoms with Gasteiger partial charge in [0.2, 0.25) is 0 Å². The molecular formula is C19H28Cl2O10. The van der Waals surface area contributed by atoms with Crippen molar-refractivity contribution in [1.29, 1.82) is 0 Å². The number of alkyl halides is 2. The number of unbranched alkanes of at least 4 members (excludes halogenated alkanes) is 2. The van der Waals surface area contributed by atoms with Crippen LogP contribution in [0.25, 0.3) is 0 Å². The van der Waals surface area contributed by atoms with Gasteiger partial charge < -0.3 is 34.6 Å². The largest absolute Gasteiger partial charge is 0.518 e. The summed E-state index contributed by atoms with van der Waals surface area (Å²) in [7, 11) is 0. The molecule has 0 spiro atoms. The molecule has 0 amide bonds. The fraction of sp³-hybridized carbons (Fsp3) is 0.632. The molecule has 0 aromatic heterocycles. The Hall–Kier alpha value is -2.37. The zero-order valence-electron chi connectivity index (χ0n) is 17.3. The SMILES string of the molecule is CC(O)C#CC#CC(C)O.O=C(O)O.O=C(OCCCCCl)OC(=O)OCCCCCl. The minimum Gasteiger partial charge on any atom is -0.450 e. The summed E-state index contributed by atoms with van der Waals surface area (Å²) in [6.45, 7) is 3.45. The first-order valence-corrected chi connectivity index (χ1v) is 10.1. The van der Waals surface area contributed by atoms with Crippen molar-refractivity contribution in [3.8, 4) is 23.7 Å². The molecule has 178 valence electrons. The summed E-state index contributed by atoms with van der Waals surface area (Å²) in [6.07, 6.45) is -2.52. The van der Waals surface area contributed by atoms with Crippen molar-refractivity contribution in [2.24, 2.45) is 0 Å². The number of carbonyl (C=O) groups excluding carboxylic acids is 2. The number of carbonyl (C=O) groups is 3. The Bertz CT molecular complexity index is 550. The van der Waals surface area contributed by atoms with Gasteiger partial charge in [0.05, 0.1) is 13.2 Å². The van der Waals surface area contributed by atoms with Crippen LogP contribution in [0.5, 0.6) is 0 Å². The average molecular weight is 487 g/mol. The van der Waals surface area contributed by atoms with Gasteiger partial charge in [0, 0.05) is 11.8 Å². The molecular weight excluding hydrogens is 459 g/mol. The van der Waals surface area contributed by atoms with Gasteiger partial charge in [0.15, 0.2) is 0 Å². The maximum absolute atomic E-state index is 10.9. The van der Waals surface area contributed by atoms with Crippen molar-refractivity contribution in [2.45, 2.75) is 51.7 Å². The molecule has 0 bridgehead atoms. The van der Waals surface area contributed by atoms with Crippen LogP contribution in [0.2, 0.25) is 0 Å². The van der Waals surface area contributed by atoms with Crippen LogP contribution >= 0.6 is 23.2 Å². The van der Waals surface area contributed by atoms with Crippen LogP contribution in [0.1, 0.15) is 39.5 Å². The van der Waals surface area contributed by atoms with Crippen molar-refractivity contribution in [1.82, 2.24) is 0 Å². The van der Waals surface area contributed by atoms with E-state index in [0.717, 1.165) is 12.8 Å². The Morgan fingerprint density at radius 1 is 0.774 bits per heavy atom. The first-order chi connectivity index (χ1) is 14.6. The minimum absolute atomic E-state index is 0.172. The molecule has 0 heterocycles. The Morgan fingerprint density at radius 3 is 1.35 bits per heavy atom. The minimum atomic E-state index is -1.83. The second-order valence-corrected chi connectivity index (χ2v) is 6.02. The van der Waals surface area contributed by atoms with E-state index in [-0.39, 0.29) is 13.2 Å². The molecule has 12 heteroatoms. The highest BCUT2D eigenvalue weighted by Crippen LogP contribution is 1.98. The van der Waals surface area contributed by atoms with E-state index in [0.29, 0.717) is 24.6 Å². The normalized spacial score (nSPS) is 10.5. The molecule has 0 aliphatic rings. The summed E-state index contributed by atoms with van der Waals surface area (Å²) in [6, 6.07) is 0. The fourth-order valence-corrected chi connectivity index (χ4v) is 1.49. The van der Waals surface area contributed by atoms with E-state index in [1.54, 1.807) is 13.8 Å². The number of rotatable bonds is 8. The maximum atomic E-state index is 10.9.